The first-order valence-electron chi connectivity index (χ1n) is 12.4. The Hall–Kier alpha value is -3.18. The Bertz CT molecular complexity index is 1350. The van der Waals surface area contributed by atoms with Gasteiger partial charge in [-0.1, -0.05) is 26.0 Å². The Morgan fingerprint density at radius 1 is 1.18 bits per heavy atom. The van der Waals surface area contributed by atoms with E-state index < -0.39 is 0 Å². The van der Waals surface area contributed by atoms with Crippen LogP contribution in [0.3, 0.4) is 0 Å². The number of hydrogen-bond donors (Lipinski definition) is 2. The van der Waals surface area contributed by atoms with Crippen molar-refractivity contribution in [1.82, 2.24) is 20.2 Å². The van der Waals surface area contributed by atoms with E-state index in [9.17, 15) is 4.79 Å². The number of aromatic nitrogens is 2. The van der Waals surface area contributed by atoms with Crippen molar-refractivity contribution < 1.29 is 4.79 Å². The molecule has 1 fully saturated rings. The Balaban J connectivity index is 1.49. The number of nitrogens with one attached hydrogen (secondary N) is 2. The lowest BCUT2D eigenvalue weighted by molar-refractivity contribution is -0.122. The molecule has 176 valence electrons. The average molecular weight is 455 g/mol. The third-order valence-corrected chi connectivity index (χ3v) is 7.33. The smallest absolute Gasteiger partial charge is 0.233 e. The second-order valence-corrected chi connectivity index (χ2v) is 9.97. The molecule has 0 saturated carbocycles. The van der Waals surface area contributed by atoms with E-state index in [0.717, 1.165) is 31.4 Å². The number of nitrogens with zero attached hydrogens (tertiary/aromatic N) is 2. The van der Waals surface area contributed by atoms with E-state index in [2.05, 4.69) is 77.4 Å². The minimum atomic E-state index is 0.0982. The average Bonchev–Trinajstić information content (AvgIpc) is 3.23. The van der Waals surface area contributed by atoms with Gasteiger partial charge < -0.3 is 10.3 Å². The summed E-state index contributed by atoms with van der Waals surface area (Å²) in [6.07, 6.45) is 4.05. The van der Waals surface area contributed by atoms with Gasteiger partial charge in [0.15, 0.2) is 0 Å². The normalized spacial score (nSPS) is 15.4. The summed E-state index contributed by atoms with van der Waals surface area (Å²) < 4.78 is 0. The van der Waals surface area contributed by atoms with Crippen LogP contribution in [0.1, 0.15) is 55.2 Å². The van der Waals surface area contributed by atoms with Crippen molar-refractivity contribution in [3.05, 3.63) is 65.4 Å². The molecule has 4 aromatic rings. The van der Waals surface area contributed by atoms with Gasteiger partial charge >= 0.3 is 0 Å². The number of H-pyrrole nitrogens is 1. The zero-order chi connectivity index (χ0) is 23.8. The van der Waals surface area contributed by atoms with Gasteiger partial charge in [0, 0.05) is 35.2 Å². The van der Waals surface area contributed by atoms with Crippen LogP contribution in [0.25, 0.3) is 33.1 Å². The number of likely N-dealkylation sites (N-methyl/N-ethyl adjacent to an activating group) is 1. The Labute approximate surface area is 201 Å². The van der Waals surface area contributed by atoms with Gasteiger partial charge in [0.05, 0.1) is 12.1 Å². The zero-order valence-corrected chi connectivity index (χ0v) is 20.6. The Kier molecular flexibility index (Phi) is 6.13. The van der Waals surface area contributed by atoms with E-state index in [1.165, 1.54) is 44.2 Å². The number of pyridine rings is 1. The molecule has 1 saturated heterocycles. The van der Waals surface area contributed by atoms with Gasteiger partial charge in [0.1, 0.15) is 0 Å². The van der Waals surface area contributed by atoms with E-state index in [1.54, 1.807) is 7.05 Å². The van der Waals surface area contributed by atoms with Gasteiger partial charge in [-0.05, 0) is 97.3 Å². The van der Waals surface area contributed by atoms with Gasteiger partial charge in [-0.25, -0.2) is 0 Å². The minimum Gasteiger partial charge on any atom is -0.358 e. The number of benzene rings is 2. The molecular weight excluding hydrogens is 420 g/mol. The number of piperidine rings is 1. The van der Waals surface area contributed by atoms with Crippen LogP contribution in [-0.2, 0) is 4.79 Å². The predicted molar refractivity (Wildman–Crippen MR) is 140 cm³/mol. The van der Waals surface area contributed by atoms with Crippen LogP contribution in [-0.4, -0.2) is 47.5 Å². The molecule has 5 heteroatoms. The maximum atomic E-state index is 11.7. The standard InChI is InChI=1S/C29H34N4O/c1-18(2)27-24-16-21(20-9-12-33(13-10-20)17-26(34)30-4)7-8-25(24)32-29(27)23-14-19(3)28-22(15-23)6-5-11-31-28/h5-8,11,14-16,18,20,32H,9-10,12-13,17H2,1-4H3,(H,30,34). The fraction of sp³-hybridized carbons (Fsp3) is 0.379. The molecule has 3 heterocycles. The predicted octanol–water partition coefficient (Wildman–Crippen LogP) is 5.74. The number of carbonyl (C=O) groups excluding carboxylic acids is 1. The lowest BCUT2D eigenvalue weighted by Crippen LogP contribution is -2.40. The zero-order valence-electron chi connectivity index (χ0n) is 20.6. The second-order valence-electron chi connectivity index (χ2n) is 9.97. The fourth-order valence-electron chi connectivity index (χ4n) is 5.54. The molecule has 0 aliphatic carbocycles. The molecule has 34 heavy (non-hydrogen) atoms. The molecule has 0 spiro atoms. The summed E-state index contributed by atoms with van der Waals surface area (Å²) in [6, 6.07) is 15.6. The quantitative estimate of drug-likeness (QED) is 0.404. The van der Waals surface area contributed by atoms with E-state index >= 15 is 0 Å². The molecule has 2 aromatic heterocycles. The maximum absolute atomic E-state index is 11.7. The topological polar surface area (TPSA) is 61.0 Å². The molecule has 0 unspecified atom stereocenters. The van der Waals surface area contributed by atoms with Crippen LogP contribution in [0, 0.1) is 6.92 Å². The third-order valence-electron chi connectivity index (χ3n) is 7.33. The summed E-state index contributed by atoms with van der Waals surface area (Å²) in [4.78, 5) is 22.3. The Morgan fingerprint density at radius 3 is 2.71 bits per heavy atom. The maximum Gasteiger partial charge on any atom is 0.233 e. The minimum absolute atomic E-state index is 0.0982. The number of likely N-dealkylation sites (tertiary alicyclic amines) is 1. The molecule has 5 nitrogen and oxygen atoms in total. The number of rotatable bonds is 5. The van der Waals surface area contributed by atoms with Crippen molar-refractivity contribution in [1.29, 1.82) is 0 Å². The molecule has 1 aliphatic heterocycles. The van der Waals surface area contributed by atoms with Crippen LogP contribution in [0.4, 0.5) is 0 Å². The van der Waals surface area contributed by atoms with Crippen LogP contribution in [0.5, 0.6) is 0 Å². The summed E-state index contributed by atoms with van der Waals surface area (Å²) in [5.41, 5.74) is 8.71. The molecule has 5 rings (SSSR count). The summed E-state index contributed by atoms with van der Waals surface area (Å²) in [5, 5.41) is 5.24. The van der Waals surface area contributed by atoms with Crippen molar-refractivity contribution in [2.45, 2.75) is 45.4 Å². The number of fused-ring (bicyclic) bond motifs is 2. The largest absolute Gasteiger partial charge is 0.358 e. The molecule has 2 N–H and O–H groups in total. The molecule has 2 aromatic carbocycles. The molecule has 1 amide bonds. The highest BCUT2D eigenvalue weighted by molar-refractivity contribution is 5.94. The first-order valence-corrected chi connectivity index (χ1v) is 12.4. The molecule has 0 atom stereocenters. The number of aryl methyl sites for hydroxylation is 1. The van der Waals surface area contributed by atoms with E-state index in [1.807, 2.05) is 12.3 Å². The lowest BCUT2D eigenvalue weighted by atomic mass is 9.87. The van der Waals surface area contributed by atoms with Gasteiger partial charge in [-0.3, -0.25) is 14.7 Å². The SMILES string of the molecule is CNC(=O)CN1CCC(c2ccc3[nH]c(-c4cc(C)c5ncccc5c4)c(C(C)C)c3c2)CC1. The van der Waals surface area contributed by atoms with Crippen molar-refractivity contribution >= 4 is 27.7 Å². The number of carbonyl (C=O) groups is 1. The van der Waals surface area contributed by atoms with E-state index in [4.69, 9.17) is 0 Å². The van der Waals surface area contributed by atoms with Gasteiger partial charge in [-0.15, -0.1) is 0 Å². The first-order chi connectivity index (χ1) is 16.4. The van der Waals surface area contributed by atoms with Gasteiger partial charge in [-0.2, -0.15) is 0 Å². The summed E-state index contributed by atoms with van der Waals surface area (Å²) in [7, 11) is 1.71. The summed E-state index contributed by atoms with van der Waals surface area (Å²) >= 11 is 0. The van der Waals surface area contributed by atoms with Gasteiger partial charge in [0.2, 0.25) is 5.91 Å². The summed E-state index contributed by atoms with van der Waals surface area (Å²) in [6.45, 7) is 9.15. The molecule has 0 bridgehead atoms. The monoisotopic (exact) mass is 454 g/mol. The van der Waals surface area contributed by atoms with Gasteiger partial charge in [0.25, 0.3) is 0 Å². The number of hydrogen-bond acceptors (Lipinski definition) is 3. The van der Waals surface area contributed by atoms with Crippen molar-refractivity contribution in [3.63, 3.8) is 0 Å². The number of amides is 1. The second kappa shape index (κ2) is 9.22. The first kappa shape index (κ1) is 22.6. The van der Waals surface area contributed by atoms with Crippen molar-refractivity contribution in [2.24, 2.45) is 0 Å². The molecule has 1 aliphatic rings. The molecular formula is C29H34N4O. The van der Waals surface area contributed by atoms with Crippen molar-refractivity contribution in [2.75, 3.05) is 26.7 Å². The fourth-order valence-corrected chi connectivity index (χ4v) is 5.54. The van der Waals surface area contributed by atoms with Crippen LogP contribution < -0.4 is 5.32 Å². The third kappa shape index (κ3) is 4.21. The van der Waals surface area contributed by atoms with Crippen molar-refractivity contribution in [3.8, 4) is 11.3 Å². The highest BCUT2D eigenvalue weighted by Crippen LogP contribution is 2.39. The number of aromatic amines is 1. The highest BCUT2D eigenvalue weighted by atomic mass is 16.1. The highest BCUT2D eigenvalue weighted by Gasteiger charge is 2.23. The van der Waals surface area contributed by atoms with Crippen LogP contribution in [0.15, 0.2) is 48.7 Å². The summed E-state index contributed by atoms with van der Waals surface area (Å²) in [5.74, 6) is 1.04. The van der Waals surface area contributed by atoms with E-state index in [0.29, 0.717) is 18.4 Å². The van der Waals surface area contributed by atoms with Crippen LogP contribution >= 0.6 is 0 Å². The lowest BCUT2D eigenvalue weighted by Gasteiger charge is -2.31. The van der Waals surface area contributed by atoms with Crippen LogP contribution in [0.2, 0.25) is 0 Å². The Morgan fingerprint density at radius 2 is 1.97 bits per heavy atom. The molecule has 0 radical (unpaired) electrons. The van der Waals surface area contributed by atoms with E-state index in [-0.39, 0.29) is 5.91 Å².